The first kappa shape index (κ1) is 22.3. The molecule has 0 radical (unpaired) electrons. The molecule has 0 saturated heterocycles. The topological polar surface area (TPSA) is 0 Å². The van der Waals surface area contributed by atoms with E-state index >= 15 is 0 Å². The van der Waals surface area contributed by atoms with Gasteiger partial charge in [-0.15, -0.1) is 0 Å². The van der Waals surface area contributed by atoms with Crippen LogP contribution in [0.4, 0.5) is 4.39 Å². The molecule has 0 bridgehead atoms. The lowest BCUT2D eigenvalue weighted by Crippen LogP contribution is -2.25. The van der Waals surface area contributed by atoms with Gasteiger partial charge in [0.25, 0.3) is 0 Å². The van der Waals surface area contributed by atoms with E-state index in [1.54, 1.807) is 0 Å². The van der Waals surface area contributed by atoms with Gasteiger partial charge in [0.05, 0.1) is 0 Å². The molecule has 31 heavy (non-hydrogen) atoms. The fourth-order valence-corrected chi connectivity index (χ4v) is 6.21. The minimum Gasteiger partial charge on any atom is -0.206 e. The van der Waals surface area contributed by atoms with Crippen LogP contribution in [0.15, 0.2) is 54.6 Å². The van der Waals surface area contributed by atoms with E-state index in [9.17, 15) is 4.39 Å². The summed E-state index contributed by atoms with van der Waals surface area (Å²) in [6, 6.07) is 10.6. The zero-order chi connectivity index (χ0) is 21.6. The van der Waals surface area contributed by atoms with Gasteiger partial charge < -0.3 is 0 Å². The lowest BCUT2D eigenvalue weighted by Gasteiger charge is -2.37. The molecule has 0 aromatic heterocycles. The third-order valence-corrected chi connectivity index (χ3v) is 8.07. The predicted molar refractivity (Wildman–Crippen MR) is 132 cm³/mol. The highest BCUT2D eigenvalue weighted by atomic mass is 19.1. The fourth-order valence-electron chi connectivity index (χ4n) is 6.21. The monoisotopic (exact) mass is 418 g/mol. The molecular weight excluding hydrogens is 379 g/mol. The largest absolute Gasteiger partial charge is 0.206 e. The maximum Gasteiger partial charge on any atom is 0.134 e. The molecule has 1 heteroatoms. The Morgan fingerprint density at radius 3 is 2.23 bits per heavy atom. The summed E-state index contributed by atoms with van der Waals surface area (Å²) >= 11 is 0. The summed E-state index contributed by atoms with van der Waals surface area (Å²) in [5, 5.41) is 1.85. The average Bonchev–Trinajstić information content (AvgIpc) is 2.81. The Kier molecular flexibility index (Phi) is 7.64. The van der Waals surface area contributed by atoms with Crippen LogP contribution in [0, 0.1) is 23.6 Å². The van der Waals surface area contributed by atoms with Gasteiger partial charge in [0.2, 0.25) is 0 Å². The number of hydrogen-bond acceptors (Lipinski definition) is 0. The van der Waals surface area contributed by atoms with E-state index in [2.05, 4.69) is 43.4 Å². The standard InChI is InChI=1S/C30H39F/c1-3-5-6-8-26-17-18-28-21-27(19-20-29(28)30(26)31)25-15-13-24(14-16-25)23-11-9-22(7-4-2)10-12-23/h3-5,7,17-25H,6,8-16H2,1-2H3/b5-3+,7-4+. The SMILES string of the molecule is C/C=C/CCc1ccc2cc(C3CCC(C4CCC(/C=C/C)CC4)CC3)ccc2c1F. The van der Waals surface area contributed by atoms with E-state index in [4.69, 9.17) is 0 Å². The molecule has 4 rings (SSSR count). The van der Waals surface area contributed by atoms with Crippen molar-refractivity contribution in [3.63, 3.8) is 0 Å². The van der Waals surface area contributed by atoms with Gasteiger partial charge in [0.15, 0.2) is 0 Å². The zero-order valence-corrected chi connectivity index (χ0v) is 19.5. The number of benzene rings is 2. The molecule has 0 unspecified atom stereocenters. The van der Waals surface area contributed by atoms with Gasteiger partial charge in [-0.1, -0.05) is 54.6 Å². The van der Waals surface area contributed by atoms with Gasteiger partial charge in [-0.3, -0.25) is 0 Å². The van der Waals surface area contributed by atoms with Crippen molar-refractivity contribution < 1.29 is 4.39 Å². The van der Waals surface area contributed by atoms with Crippen LogP contribution in [0.2, 0.25) is 0 Å². The second-order valence-corrected chi connectivity index (χ2v) is 9.94. The predicted octanol–water partition coefficient (Wildman–Crippen LogP) is 9.14. The van der Waals surface area contributed by atoms with Gasteiger partial charge in [-0.2, -0.15) is 0 Å². The summed E-state index contributed by atoms with van der Waals surface area (Å²) in [7, 11) is 0. The number of halogens is 1. The van der Waals surface area contributed by atoms with Crippen LogP contribution in [0.3, 0.4) is 0 Å². The second-order valence-electron chi connectivity index (χ2n) is 9.94. The van der Waals surface area contributed by atoms with Crippen molar-refractivity contribution in [2.24, 2.45) is 17.8 Å². The lowest BCUT2D eigenvalue weighted by atomic mass is 9.68. The number of allylic oxidation sites excluding steroid dienone is 4. The Morgan fingerprint density at radius 1 is 0.839 bits per heavy atom. The maximum absolute atomic E-state index is 15.0. The summed E-state index contributed by atoms with van der Waals surface area (Å²) in [6.45, 7) is 4.17. The number of rotatable bonds is 6. The molecule has 166 valence electrons. The molecule has 2 aromatic carbocycles. The van der Waals surface area contributed by atoms with Crippen molar-refractivity contribution in [1.29, 1.82) is 0 Å². The van der Waals surface area contributed by atoms with Crippen molar-refractivity contribution in [3.05, 3.63) is 71.6 Å². The maximum atomic E-state index is 15.0. The average molecular weight is 419 g/mol. The van der Waals surface area contributed by atoms with Gasteiger partial charge >= 0.3 is 0 Å². The van der Waals surface area contributed by atoms with Gasteiger partial charge in [0, 0.05) is 5.39 Å². The summed E-state index contributed by atoms with van der Waals surface area (Å²) < 4.78 is 15.0. The van der Waals surface area contributed by atoms with Crippen LogP contribution < -0.4 is 0 Å². The quantitative estimate of drug-likeness (QED) is 0.410. The fraction of sp³-hybridized carbons (Fsp3) is 0.533. The summed E-state index contributed by atoms with van der Waals surface area (Å²) in [6.07, 6.45) is 21.5. The molecule has 0 aliphatic heterocycles. The molecule has 0 spiro atoms. The van der Waals surface area contributed by atoms with Gasteiger partial charge in [0.1, 0.15) is 5.82 Å². The van der Waals surface area contributed by atoms with Crippen molar-refractivity contribution in [2.75, 3.05) is 0 Å². The third kappa shape index (κ3) is 5.30. The Balaban J connectivity index is 1.37. The van der Waals surface area contributed by atoms with Crippen LogP contribution in [-0.4, -0.2) is 0 Å². The van der Waals surface area contributed by atoms with Crippen LogP contribution >= 0.6 is 0 Å². The first-order chi connectivity index (χ1) is 15.2. The molecule has 0 atom stereocenters. The zero-order valence-electron chi connectivity index (χ0n) is 19.5. The Bertz CT molecular complexity index is 905. The van der Waals surface area contributed by atoms with Crippen molar-refractivity contribution >= 4 is 10.8 Å². The highest BCUT2D eigenvalue weighted by Gasteiger charge is 2.30. The number of fused-ring (bicyclic) bond motifs is 1. The van der Waals surface area contributed by atoms with E-state index in [1.807, 2.05) is 25.1 Å². The highest BCUT2D eigenvalue weighted by molar-refractivity contribution is 5.84. The van der Waals surface area contributed by atoms with Crippen molar-refractivity contribution in [3.8, 4) is 0 Å². The molecule has 0 heterocycles. The molecule has 2 aromatic rings. The van der Waals surface area contributed by atoms with Crippen LogP contribution in [0.1, 0.15) is 88.7 Å². The molecular formula is C30H39F. The first-order valence-corrected chi connectivity index (χ1v) is 12.6. The molecule has 2 fully saturated rings. The Labute approximate surface area is 188 Å². The minimum absolute atomic E-state index is 0.0224. The van der Waals surface area contributed by atoms with Crippen molar-refractivity contribution in [1.82, 2.24) is 0 Å². The third-order valence-electron chi connectivity index (χ3n) is 8.07. The minimum atomic E-state index is -0.0224. The van der Waals surface area contributed by atoms with Crippen molar-refractivity contribution in [2.45, 2.75) is 84.0 Å². The second kappa shape index (κ2) is 10.6. The molecule has 0 nitrogen and oxygen atoms in total. The van der Waals surface area contributed by atoms with Crippen LogP contribution in [-0.2, 0) is 6.42 Å². The number of hydrogen-bond donors (Lipinski definition) is 0. The highest BCUT2D eigenvalue weighted by Crippen LogP contribution is 2.44. The molecule has 2 aliphatic rings. The smallest absolute Gasteiger partial charge is 0.134 e. The molecule has 2 aliphatic carbocycles. The molecule has 0 N–H and O–H groups in total. The van der Waals surface area contributed by atoms with Crippen LogP contribution in [0.5, 0.6) is 0 Å². The summed E-state index contributed by atoms with van der Waals surface area (Å²) in [5.41, 5.74) is 2.26. The van der Waals surface area contributed by atoms with Crippen LogP contribution in [0.25, 0.3) is 10.8 Å². The summed E-state index contributed by atoms with van der Waals surface area (Å²) in [5.74, 6) is 3.34. The molecule has 2 saturated carbocycles. The normalized spacial score (nSPS) is 27.5. The van der Waals surface area contributed by atoms with Gasteiger partial charge in [-0.05, 0) is 118 Å². The first-order valence-electron chi connectivity index (χ1n) is 12.6. The van der Waals surface area contributed by atoms with E-state index < -0.39 is 0 Å². The molecule has 0 amide bonds. The van der Waals surface area contributed by atoms with E-state index in [1.165, 1.54) is 56.9 Å². The Morgan fingerprint density at radius 2 is 1.55 bits per heavy atom. The lowest BCUT2D eigenvalue weighted by molar-refractivity contribution is 0.171. The van der Waals surface area contributed by atoms with Gasteiger partial charge in [-0.25, -0.2) is 4.39 Å². The van der Waals surface area contributed by atoms with E-state index in [0.717, 1.165) is 46.9 Å². The Hall–Kier alpha value is -1.89. The summed E-state index contributed by atoms with van der Waals surface area (Å²) in [4.78, 5) is 0. The van der Waals surface area contributed by atoms with E-state index in [0.29, 0.717) is 5.92 Å². The number of aryl methyl sites for hydroxylation is 1. The van der Waals surface area contributed by atoms with E-state index in [-0.39, 0.29) is 5.82 Å².